The summed E-state index contributed by atoms with van der Waals surface area (Å²) in [6.07, 6.45) is 3.69. The SMILES string of the molecule is c1ccc(-c2nc(-c3ccccc3)nc(-n3c4ccccc4c4ccc5c6cc7ccncc7cc6oc5c43)n2)cc1. The molecule has 0 saturated carbocycles. The van der Waals surface area contributed by atoms with E-state index in [-0.39, 0.29) is 0 Å². The minimum atomic E-state index is 0.538. The Morgan fingerprint density at radius 3 is 2.00 bits per heavy atom. The number of furan rings is 1. The lowest BCUT2D eigenvalue weighted by Gasteiger charge is -2.11. The van der Waals surface area contributed by atoms with Crippen LogP contribution in [0.15, 0.2) is 132 Å². The first-order chi connectivity index (χ1) is 20.8. The van der Waals surface area contributed by atoms with Crippen LogP contribution in [0.25, 0.3) is 83.2 Å². The molecule has 5 aromatic carbocycles. The molecule has 0 aliphatic heterocycles. The number of pyridine rings is 1. The highest BCUT2D eigenvalue weighted by Gasteiger charge is 2.22. The molecule has 9 rings (SSSR count). The highest BCUT2D eigenvalue weighted by Crippen LogP contribution is 2.41. The average Bonchev–Trinajstić information content (AvgIpc) is 3.59. The molecule has 0 spiro atoms. The summed E-state index contributed by atoms with van der Waals surface area (Å²) in [7, 11) is 0. The number of benzene rings is 5. The standard InChI is InChI=1S/C36H21N5O/c1-3-9-22(10-4-1)34-38-35(23-11-5-2-6-12-23)40-36(39-34)41-30-14-8-7-13-26(30)27-15-16-28-29-19-24-17-18-37-21-25(24)20-31(29)42-33(28)32(27)41/h1-21H. The maximum absolute atomic E-state index is 6.68. The summed E-state index contributed by atoms with van der Waals surface area (Å²) in [4.78, 5) is 19.3. The number of hydrogen-bond donors (Lipinski definition) is 0. The molecular formula is C36H21N5O. The molecule has 6 heteroatoms. The summed E-state index contributed by atoms with van der Waals surface area (Å²) < 4.78 is 8.80. The summed E-state index contributed by atoms with van der Waals surface area (Å²) in [5, 5.41) is 6.45. The summed E-state index contributed by atoms with van der Waals surface area (Å²) in [6.45, 7) is 0. The molecular weight excluding hydrogens is 518 g/mol. The van der Waals surface area contributed by atoms with Gasteiger partial charge < -0.3 is 4.42 Å². The zero-order valence-electron chi connectivity index (χ0n) is 22.3. The van der Waals surface area contributed by atoms with E-state index in [9.17, 15) is 0 Å². The van der Waals surface area contributed by atoms with Gasteiger partial charge in [0.25, 0.3) is 0 Å². The second-order valence-corrected chi connectivity index (χ2v) is 10.4. The van der Waals surface area contributed by atoms with Crippen LogP contribution in [0.2, 0.25) is 0 Å². The number of hydrogen-bond acceptors (Lipinski definition) is 5. The normalized spacial score (nSPS) is 11.8. The zero-order chi connectivity index (χ0) is 27.6. The molecule has 0 atom stereocenters. The van der Waals surface area contributed by atoms with Crippen molar-refractivity contribution in [2.75, 3.05) is 0 Å². The molecule has 0 unspecified atom stereocenters. The molecule has 0 saturated heterocycles. The van der Waals surface area contributed by atoms with Gasteiger partial charge in [-0.05, 0) is 35.7 Å². The Hall–Kier alpha value is -5.88. The molecule has 0 radical (unpaired) electrons. The van der Waals surface area contributed by atoms with Gasteiger partial charge in [0.15, 0.2) is 17.2 Å². The van der Waals surface area contributed by atoms with Gasteiger partial charge in [0.05, 0.1) is 5.52 Å². The van der Waals surface area contributed by atoms with E-state index in [0.717, 1.165) is 65.6 Å². The van der Waals surface area contributed by atoms with Crippen molar-refractivity contribution in [3.05, 3.63) is 128 Å². The Kier molecular flexibility index (Phi) is 4.80. The predicted octanol–water partition coefficient (Wildman–Crippen LogP) is 8.75. The Balaban J connectivity index is 1.42. The lowest BCUT2D eigenvalue weighted by atomic mass is 10.1. The number of fused-ring (bicyclic) bond motifs is 8. The van der Waals surface area contributed by atoms with Gasteiger partial charge in [-0.3, -0.25) is 9.55 Å². The number of rotatable bonds is 3. The highest BCUT2D eigenvalue weighted by atomic mass is 16.3. The first-order valence-corrected chi connectivity index (χ1v) is 13.8. The fraction of sp³-hybridized carbons (Fsp3) is 0. The lowest BCUT2D eigenvalue weighted by Crippen LogP contribution is -2.06. The van der Waals surface area contributed by atoms with E-state index in [0.29, 0.717) is 17.6 Å². The molecule has 4 heterocycles. The second kappa shape index (κ2) is 8.81. The van der Waals surface area contributed by atoms with Gasteiger partial charge >= 0.3 is 0 Å². The fourth-order valence-electron chi connectivity index (χ4n) is 5.97. The second-order valence-electron chi connectivity index (χ2n) is 10.4. The number of aromatic nitrogens is 5. The minimum absolute atomic E-state index is 0.538. The minimum Gasteiger partial charge on any atom is -0.454 e. The summed E-state index contributed by atoms with van der Waals surface area (Å²) in [6, 6.07) is 39.1. The van der Waals surface area contributed by atoms with Gasteiger partial charge in [-0.15, -0.1) is 0 Å². The first kappa shape index (κ1) is 22.9. The van der Waals surface area contributed by atoms with Crippen LogP contribution in [0.3, 0.4) is 0 Å². The Morgan fingerprint density at radius 2 is 1.24 bits per heavy atom. The molecule has 196 valence electrons. The van der Waals surface area contributed by atoms with E-state index in [1.54, 1.807) is 0 Å². The molecule has 4 aromatic heterocycles. The van der Waals surface area contributed by atoms with Crippen molar-refractivity contribution in [1.29, 1.82) is 0 Å². The third-order valence-corrected chi connectivity index (χ3v) is 7.92. The zero-order valence-corrected chi connectivity index (χ0v) is 22.3. The predicted molar refractivity (Wildman–Crippen MR) is 168 cm³/mol. The van der Waals surface area contributed by atoms with Crippen molar-refractivity contribution in [3.63, 3.8) is 0 Å². The monoisotopic (exact) mass is 539 g/mol. The third-order valence-electron chi connectivity index (χ3n) is 7.92. The molecule has 0 aliphatic carbocycles. The van der Waals surface area contributed by atoms with E-state index in [4.69, 9.17) is 19.4 Å². The number of nitrogens with zero attached hydrogens (tertiary/aromatic N) is 5. The summed E-state index contributed by atoms with van der Waals surface area (Å²) >= 11 is 0. The molecule has 9 aromatic rings. The van der Waals surface area contributed by atoms with Crippen molar-refractivity contribution in [2.24, 2.45) is 0 Å². The number of para-hydroxylation sites is 1. The Morgan fingerprint density at radius 1 is 0.548 bits per heavy atom. The molecule has 6 nitrogen and oxygen atoms in total. The summed E-state index contributed by atoms with van der Waals surface area (Å²) in [5.41, 5.74) is 5.39. The largest absolute Gasteiger partial charge is 0.454 e. The van der Waals surface area contributed by atoms with Crippen molar-refractivity contribution in [2.45, 2.75) is 0 Å². The van der Waals surface area contributed by atoms with Crippen molar-refractivity contribution >= 4 is 54.5 Å². The summed E-state index contributed by atoms with van der Waals surface area (Å²) in [5.74, 6) is 1.76. The molecule has 0 fully saturated rings. The quantitative estimate of drug-likeness (QED) is 0.224. The molecule has 0 amide bonds. The van der Waals surface area contributed by atoms with Gasteiger partial charge in [0, 0.05) is 50.5 Å². The van der Waals surface area contributed by atoms with E-state index >= 15 is 0 Å². The average molecular weight is 540 g/mol. The molecule has 42 heavy (non-hydrogen) atoms. The highest BCUT2D eigenvalue weighted by molar-refractivity contribution is 6.22. The smallest absolute Gasteiger partial charge is 0.238 e. The van der Waals surface area contributed by atoms with Crippen LogP contribution >= 0.6 is 0 Å². The van der Waals surface area contributed by atoms with Crippen LogP contribution in [-0.4, -0.2) is 24.5 Å². The maximum atomic E-state index is 6.68. The van der Waals surface area contributed by atoms with E-state index in [1.807, 2.05) is 85.2 Å². The van der Waals surface area contributed by atoms with Gasteiger partial charge in [-0.2, -0.15) is 9.97 Å². The van der Waals surface area contributed by atoms with Crippen LogP contribution < -0.4 is 0 Å². The van der Waals surface area contributed by atoms with Crippen LogP contribution in [-0.2, 0) is 0 Å². The van der Waals surface area contributed by atoms with Crippen LogP contribution in [0.1, 0.15) is 0 Å². The maximum Gasteiger partial charge on any atom is 0.238 e. The van der Waals surface area contributed by atoms with Crippen LogP contribution in [0.4, 0.5) is 0 Å². The molecule has 0 aliphatic rings. The van der Waals surface area contributed by atoms with E-state index in [1.165, 1.54) is 0 Å². The lowest BCUT2D eigenvalue weighted by molar-refractivity contribution is 0.671. The van der Waals surface area contributed by atoms with Gasteiger partial charge in [0.2, 0.25) is 5.95 Å². The van der Waals surface area contributed by atoms with Gasteiger partial charge in [-0.1, -0.05) is 84.9 Å². The third kappa shape index (κ3) is 3.39. The van der Waals surface area contributed by atoms with Crippen molar-refractivity contribution in [1.82, 2.24) is 24.5 Å². The molecule has 0 bridgehead atoms. The first-order valence-electron chi connectivity index (χ1n) is 13.8. The van der Waals surface area contributed by atoms with Crippen LogP contribution in [0, 0.1) is 0 Å². The van der Waals surface area contributed by atoms with Crippen molar-refractivity contribution < 1.29 is 4.42 Å². The molecule has 0 N–H and O–H groups in total. The van der Waals surface area contributed by atoms with Crippen LogP contribution in [0.5, 0.6) is 0 Å². The van der Waals surface area contributed by atoms with Crippen molar-refractivity contribution in [3.8, 4) is 28.7 Å². The Bertz CT molecular complexity index is 2400. The van der Waals surface area contributed by atoms with E-state index in [2.05, 4.69) is 52.0 Å². The Labute approximate surface area is 239 Å². The van der Waals surface area contributed by atoms with E-state index < -0.39 is 0 Å². The van der Waals surface area contributed by atoms with Gasteiger partial charge in [0.1, 0.15) is 11.1 Å². The topological polar surface area (TPSA) is 69.6 Å². The van der Waals surface area contributed by atoms with Gasteiger partial charge in [-0.25, -0.2) is 4.98 Å². The fourth-order valence-corrected chi connectivity index (χ4v) is 5.97.